The van der Waals surface area contributed by atoms with Crippen LogP contribution in [0.5, 0.6) is 5.75 Å². The molecule has 0 heterocycles. The van der Waals surface area contributed by atoms with E-state index in [-0.39, 0.29) is 5.69 Å². The van der Waals surface area contributed by atoms with Gasteiger partial charge in [0.15, 0.2) is 0 Å². The van der Waals surface area contributed by atoms with Crippen LogP contribution < -0.4 is 10.1 Å². The van der Waals surface area contributed by atoms with Gasteiger partial charge in [-0.15, -0.1) is 6.58 Å². The van der Waals surface area contributed by atoms with E-state index in [1.165, 1.54) is 12.1 Å². The molecule has 0 bridgehead atoms. The zero-order valence-corrected chi connectivity index (χ0v) is 10.5. The normalized spacial score (nSPS) is 9.83. The standard InChI is InChI=1S/C13H18N2O3/c1-3-5-7-18-13-9-11(14-6-4-2)8-12(10-13)15(16)17/h3,8-10,14H,1,4-7H2,2H3. The van der Waals surface area contributed by atoms with E-state index in [2.05, 4.69) is 11.9 Å². The second-order valence-corrected chi connectivity index (χ2v) is 3.83. The van der Waals surface area contributed by atoms with Gasteiger partial charge in [0.05, 0.1) is 17.6 Å². The molecule has 5 heteroatoms. The minimum absolute atomic E-state index is 0.0321. The van der Waals surface area contributed by atoms with Gasteiger partial charge in [-0.1, -0.05) is 13.0 Å². The lowest BCUT2D eigenvalue weighted by Gasteiger charge is -2.09. The Morgan fingerprint density at radius 2 is 2.28 bits per heavy atom. The molecule has 0 atom stereocenters. The molecule has 0 saturated carbocycles. The molecule has 18 heavy (non-hydrogen) atoms. The van der Waals surface area contributed by atoms with Crippen molar-refractivity contribution >= 4 is 11.4 Å². The number of nitrogens with zero attached hydrogens (tertiary/aromatic N) is 1. The Balaban J connectivity index is 2.83. The number of anilines is 1. The van der Waals surface area contributed by atoms with Gasteiger partial charge in [0.25, 0.3) is 5.69 Å². The fraction of sp³-hybridized carbons (Fsp3) is 0.385. The number of hydrogen-bond acceptors (Lipinski definition) is 4. The van der Waals surface area contributed by atoms with Crippen LogP contribution in [-0.2, 0) is 0 Å². The lowest BCUT2D eigenvalue weighted by atomic mass is 10.2. The van der Waals surface area contributed by atoms with Crippen LogP contribution in [0.4, 0.5) is 11.4 Å². The van der Waals surface area contributed by atoms with Crippen LogP contribution in [0, 0.1) is 10.1 Å². The highest BCUT2D eigenvalue weighted by molar-refractivity contribution is 5.56. The third-order valence-corrected chi connectivity index (χ3v) is 2.27. The van der Waals surface area contributed by atoms with Gasteiger partial charge in [-0.3, -0.25) is 10.1 Å². The average Bonchev–Trinajstić information content (AvgIpc) is 2.36. The predicted octanol–water partition coefficient (Wildman–Crippen LogP) is 3.37. The summed E-state index contributed by atoms with van der Waals surface area (Å²) >= 11 is 0. The fourth-order valence-electron chi connectivity index (χ4n) is 1.40. The van der Waals surface area contributed by atoms with Crippen LogP contribution in [0.25, 0.3) is 0 Å². The van der Waals surface area contributed by atoms with Crippen molar-refractivity contribution in [3.63, 3.8) is 0 Å². The average molecular weight is 250 g/mol. The van der Waals surface area contributed by atoms with E-state index in [0.717, 1.165) is 13.0 Å². The summed E-state index contributed by atoms with van der Waals surface area (Å²) in [5.41, 5.74) is 0.740. The second-order valence-electron chi connectivity index (χ2n) is 3.83. The van der Waals surface area contributed by atoms with E-state index in [4.69, 9.17) is 4.74 Å². The minimum atomic E-state index is -0.419. The molecule has 0 radical (unpaired) electrons. The molecule has 0 amide bonds. The number of benzene rings is 1. The maximum Gasteiger partial charge on any atom is 0.275 e. The Bertz CT molecular complexity index is 419. The molecule has 1 N–H and O–H groups in total. The Labute approximate surface area is 107 Å². The van der Waals surface area contributed by atoms with Gasteiger partial charge < -0.3 is 10.1 Å². The van der Waals surface area contributed by atoms with Crippen molar-refractivity contribution in [1.29, 1.82) is 0 Å². The van der Waals surface area contributed by atoms with Crippen molar-refractivity contribution in [2.75, 3.05) is 18.5 Å². The van der Waals surface area contributed by atoms with Crippen molar-refractivity contribution in [2.45, 2.75) is 19.8 Å². The molecular weight excluding hydrogens is 232 g/mol. The second kappa shape index (κ2) is 7.32. The van der Waals surface area contributed by atoms with E-state index in [9.17, 15) is 10.1 Å². The van der Waals surface area contributed by atoms with Gasteiger partial charge in [-0.25, -0.2) is 0 Å². The van der Waals surface area contributed by atoms with Crippen molar-refractivity contribution in [1.82, 2.24) is 0 Å². The van der Waals surface area contributed by atoms with Crippen molar-refractivity contribution in [2.24, 2.45) is 0 Å². The largest absolute Gasteiger partial charge is 0.493 e. The van der Waals surface area contributed by atoms with Gasteiger partial charge in [0.2, 0.25) is 0 Å². The fourth-order valence-corrected chi connectivity index (χ4v) is 1.40. The highest BCUT2D eigenvalue weighted by Gasteiger charge is 2.10. The SMILES string of the molecule is C=CCCOc1cc(NCCC)cc([N+](=O)[O-])c1. The third kappa shape index (κ3) is 4.45. The molecule has 0 aliphatic heterocycles. The lowest BCUT2D eigenvalue weighted by molar-refractivity contribution is -0.384. The highest BCUT2D eigenvalue weighted by atomic mass is 16.6. The molecule has 0 fully saturated rings. The number of nitrogens with one attached hydrogen (secondary N) is 1. The topological polar surface area (TPSA) is 64.4 Å². The van der Waals surface area contributed by atoms with Crippen LogP contribution in [-0.4, -0.2) is 18.1 Å². The molecule has 0 spiro atoms. The predicted molar refractivity (Wildman–Crippen MR) is 72.2 cm³/mol. The van der Waals surface area contributed by atoms with Crippen LogP contribution in [0.3, 0.4) is 0 Å². The van der Waals surface area contributed by atoms with Gasteiger partial charge >= 0.3 is 0 Å². The summed E-state index contributed by atoms with van der Waals surface area (Å²) in [6.45, 7) is 6.87. The monoisotopic (exact) mass is 250 g/mol. The molecule has 0 saturated heterocycles. The zero-order valence-electron chi connectivity index (χ0n) is 10.5. The molecule has 0 aliphatic rings. The molecular formula is C13H18N2O3. The van der Waals surface area contributed by atoms with E-state index in [0.29, 0.717) is 24.5 Å². The van der Waals surface area contributed by atoms with E-state index in [1.807, 2.05) is 6.92 Å². The van der Waals surface area contributed by atoms with Crippen molar-refractivity contribution in [3.8, 4) is 5.75 Å². The lowest BCUT2D eigenvalue weighted by Crippen LogP contribution is -2.02. The first kappa shape index (κ1) is 14.0. The van der Waals surface area contributed by atoms with E-state index >= 15 is 0 Å². The summed E-state index contributed by atoms with van der Waals surface area (Å²) in [5.74, 6) is 0.504. The van der Waals surface area contributed by atoms with Gasteiger partial charge in [-0.2, -0.15) is 0 Å². The quantitative estimate of drug-likeness (QED) is 0.332. The molecule has 1 aromatic carbocycles. The smallest absolute Gasteiger partial charge is 0.275 e. The molecule has 1 aromatic rings. The summed E-state index contributed by atoms with van der Waals surface area (Å²) in [4.78, 5) is 10.4. The summed E-state index contributed by atoms with van der Waals surface area (Å²) in [6, 6.07) is 4.71. The van der Waals surface area contributed by atoms with Crippen LogP contribution in [0.1, 0.15) is 19.8 Å². The summed E-state index contributed by atoms with van der Waals surface area (Å²) in [6.07, 6.45) is 3.41. The van der Waals surface area contributed by atoms with E-state index in [1.54, 1.807) is 12.1 Å². The van der Waals surface area contributed by atoms with Gasteiger partial charge in [-0.05, 0) is 12.8 Å². The van der Waals surface area contributed by atoms with Crippen LogP contribution >= 0.6 is 0 Å². The Morgan fingerprint density at radius 1 is 1.50 bits per heavy atom. The summed E-state index contributed by atoms with van der Waals surface area (Å²) < 4.78 is 5.44. The van der Waals surface area contributed by atoms with Gasteiger partial charge in [0.1, 0.15) is 5.75 Å². The minimum Gasteiger partial charge on any atom is -0.493 e. The number of non-ortho nitro benzene ring substituents is 1. The number of nitro benzene ring substituents is 1. The first-order valence-electron chi connectivity index (χ1n) is 5.94. The van der Waals surface area contributed by atoms with Crippen LogP contribution in [0.2, 0.25) is 0 Å². The molecule has 5 nitrogen and oxygen atoms in total. The molecule has 0 unspecified atom stereocenters. The number of rotatable bonds is 8. The Kier molecular flexibility index (Phi) is 5.70. The van der Waals surface area contributed by atoms with Crippen molar-refractivity contribution in [3.05, 3.63) is 41.0 Å². The maximum atomic E-state index is 10.8. The third-order valence-electron chi connectivity index (χ3n) is 2.27. The van der Waals surface area contributed by atoms with Crippen molar-refractivity contribution < 1.29 is 9.66 Å². The zero-order chi connectivity index (χ0) is 13.4. The highest BCUT2D eigenvalue weighted by Crippen LogP contribution is 2.26. The van der Waals surface area contributed by atoms with Crippen LogP contribution in [0.15, 0.2) is 30.9 Å². The summed E-state index contributed by atoms with van der Waals surface area (Å²) in [5, 5.41) is 13.9. The number of hydrogen-bond donors (Lipinski definition) is 1. The molecule has 98 valence electrons. The Morgan fingerprint density at radius 3 is 2.89 bits per heavy atom. The van der Waals surface area contributed by atoms with Gasteiger partial charge in [0, 0.05) is 24.4 Å². The summed E-state index contributed by atoms with van der Waals surface area (Å²) in [7, 11) is 0. The van der Waals surface area contributed by atoms with E-state index < -0.39 is 4.92 Å². The first-order valence-corrected chi connectivity index (χ1v) is 5.94. The number of ether oxygens (including phenoxy) is 1. The Hall–Kier alpha value is -2.04. The molecule has 0 aliphatic carbocycles. The molecule has 0 aromatic heterocycles. The maximum absolute atomic E-state index is 10.8. The first-order chi connectivity index (χ1) is 8.67. The molecule has 1 rings (SSSR count). The number of nitro groups is 1.